The summed E-state index contributed by atoms with van der Waals surface area (Å²) >= 11 is 1.25. The second kappa shape index (κ2) is 6.28. The van der Waals surface area contributed by atoms with Gasteiger partial charge < -0.3 is 5.21 Å². The van der Waals surface area contributed by atoms with Crippen LogP contribution in [0, 0.1) is 0 Å². The molecule has 1 aromatic heterocycles. The summed E-state index contributed by atoms with van der Waals surface area (Å²) in [5, 5.41) is 12.0. The van der Waals surface area contributed by atoms with E-state index in [-0.39, 0.29) is 4.21 Å². The van der Waals surface area contributed by atoms with Crippen LogP contribution < -0.4 is 4.72 Å². The molecule has 1 aromatic carbocycles. The molecule has 2 aromatic rings. The van der Waals surface area contributed by atoms with Gasteiger partial charge in [0.05, 0.1) is 11.4 Å². The molecule has 112 valence electrons. The first-order valence-electron chi connectivity index (χ1n) is 6.37. The molecule has 1 heterocycles. The van der Waals surface area contributed by atoms with Crippen LogP contribution in [0.15, 0.2) is 45.8 Å². The van der Waals surface area contributed by atoms with Gasteiger partial charge in [-0.05, 0) is 31.5 Å². The second-order valence-electron chi connectivity index (χ2n) is 4.41. The van der Waals surface area contributed by atoms with Crippen molar-refractivity contribution >= 4 is 32.8 Å². The van der Waals surface area contributed by atoms with Gasteiger partial charge in [0.25, 0.3) is 10.0 Å². The minimum Gasteiger partial charge on any atom is -0.411 e. The average molecular weight is 324 g/mol. The highest BCUT2D eigenvalue weighted by molar-refractivity contribution is 7.94. The van der Waals surface area contributed by atoms with Crippen LogP contribution in [0.1, 0.15) is 24.3 Å². The number of oxime groups is 1. The van der Waals surface area contributed by atoms with E-state index >= 15 is 0 Å². The molecule has 0 aliphatic heterocycles. The van der Waals surface area contributed by atoms with Crippen molar-refractivity contribution in [1.82, 2.24) is 0 Å². The Bertz CT molecular complexity index is 764. The van der Waals surface area contributed by atoms with Gasteiger partial charge in [-0.3, -0.25) is 4.72 Å². The van der Waals surface area contributed by atoms with Crippen LogP contribution in [0.3, 0.4) is 0 Å². The quantitative estimate of drug-likeness (QED) is 0.503. The maximum atomic E-state index is 12.4. The highest BCUT2D eigenvalue weighted by Crippen LogP contribution is 2.26. The second-order valence-corrected chi connectivity index (χ2v) is 7.49. The Balaban J connectivity index is 2.37. The predicted octanol–water partition coefficient (Wildman–Crippen LogP) is 3.31. The Morgan fingerprint density at radius 2 is 2.00 bits per heavy atom. The zero-order valence-electron chi connectivity index (χ0n) is 11.7. The van der Waals surface area contributed by atoms with E-state index in [0.717, 1.165) is 11.3 Å². The summed E-state index contributed by atoms with van der Waals surface area (Å²) in [4.78, 5) is 1.01. The Morgan fingerprint density at radius 1 is 1.29 bits per heavy atom. The predicted molar refractivity (Wildman–Crippen MR) is 84.9 cm³/mol. The van der Waals surface area contributed by atoms with Crippen LogP contribution in [0.4, 0.5) is 5.69 Å². The Kier molecular flexibility index (Phi) is 4.64. The molecule has 0 fully saturated rings. The van der Waals surface area contributed by atoms with Crippen molar-refractivity contribution in [1.29, 1.82) is 0 Å². The smallest absolute Gasteiger partial charge is 0.271 e. The van der Waals surface area contributed by atoms with E-state index in [4.69, 9.17) is 5.21 Å². The molecular formula is C14H16N2O3S2. The first kappa shape index (κ1) is 15.5. The average Bonchev–Trinajstić information content (AvgIpc) is 2.96. The number of aryl methyl sites for hydroxylation is 1. The lowest BCUT2D eigenvalue weighted by Gasteiger charge is -2.10. The Hall–Kier alpha value is -1.86. The molecule has 0 bridgehead atoms. The zero-order valence-corrected chi connectivity index (χ0v) is 13.3. The van der Waals surface area contributed by atoms with Gasteiger partial charge in [0.15, 0.2) is 0 Å². The van der Waals surface area contributed by atoms with Crippen LogP contribution >= 0.6 is 11.3 Å². The van der Waals surface area contributed by atoms with Crippen LogP contribution in [-0.2, 0) is 16.4 Å². The first-order chi connectivity index (χ1) is 9.97. The van der Waals surface area contributed by atoms with E-state index in [2.05, 4.69) is 9.88 Å². The molecule has 0 saturated carbocycles. The van der Waals surface area contributed by atoms with Crippen molar-refractivity contribution in [2.24, 2.45) is 5.16 Å². The molecule has 0 unspecified atom stereocenters. The van der Waals surface area contributed by atoms with Gasteiger partial charge >= 0.3 is 0 Å². The van der Waals surface area contributed by atoms with Crippen molar-refractivity contribution in [3.05, 3.63) is 46.8 Å². The summed E-state index contributed by atoms with van der Waals surface area (Å²) in [5.74, 6) is 0. The molecule has 2 rings (SSSR count). The number of nitrogens with one attached hydrogen (secondary N) is 1. The topological polar surface area (TPSA) is 78.8 Å². The summed E-state index contributed by atoms with van der Waals surface area (Å²) in [5.41, 5.74) is 1.27. The van der Waals surface area contributed by atoms with E-state index < -0.39 is 10.0 Å². The third-order valence-electron chi connectivity index (χ3n) is 2.96. The molecule has 0 amide bonds. The molecule has 5 nitrogen and oxygen atoms in total. The fourth-order valence-electron chi connectivity index (χ4n) is 1.83. The fraction of sp³-hybridized carbons (Fsp3) is 0.214. The van der Waals surface area contributed by atoms with Crippen molar-refractivity contribution in [2.45, 2.75) is 24.5 Å². The molecular weight excluding hydrogens is 308 g/mol. The minimum atomic E-state index is -3.63. The maximum Gasteiger partial charge on any atom is 0.271 e. The molecule has 2 N–H and O–H groups in total. The lowest BCUT2D eigenvalue weighted by molar-refractivity contribution is 0.319. The normalized spacial score (nSPS) is 12.4. The van der Waals surface area contributed by atoms with Gasteiger partial charge in [0, 0.05) is 10.4 Å². The molecule has 0 spiro atoms. The number of hydrogen-bond acceptors (Lipinski definition) is 5. The number of anilines is 1. The van der Waals surface area contributed by atoms with Gasteiger partial charge in [0.2, 0.25) is 0 Å². The van der Waals surface area contributed by atoms with E-state index in [0.29, 0.717) is 17.0 Å². The number of thiophene rings is 1. The lowest BCUT2D eigenvalue weighted by atomic mass is 10.1. The number of para-hydroxylation sites is 1. The van der Waals surface area contributed by atoms with Gasteiger partial charge in [-0.2, -0.15) is 0 Å². The third kappa shape index (κ3) is 3.43. The summed E-state index contributed by atoms with van der Waals surface area (Å²) in [7, 11) is -3.63. The standard InChI is InChI=1S/C14H16N2O3S2/c1-3-11-8-9-14(20-11)21(18,19)16-13-7-5-4-6-12(13)10(2)15-17/h4-9,16-17H,3H2,1-2H3. The van der Waals surface area contributed by atoms with Crippen LogP contribution in [0.5, 0.6) is 0 Å². The van der Waals surface area contributed by atoms with Crippen molar-refractivity contribution in [3.8, 4) is 0 Å². The van der Waals surface area contributed by atoms with E-state index in [1.165, 1.54) is 11.3 Å². The zero-order chi connectivity index (χ0) is 15.5. The SMILES string of the molecule is CCc1ccc(S(=O)(=O)Nc2ccccc2C(C)=NO)s1. The van der Waals surface area contributed by atoms with E-state index in [1.54, 1.807) is 37.3 Å². The molecule has 0 aliphatic rings. The maximum absolute atomic E-state index is 12.4. The molecule has 0 saturated heterocycles. The number of rotatable bonds is 5. The van der Waals surface area contributed by atoms with E-state index in [9.17, 15) is 8.42 Å². The summed E-state index contributed by atoms with van der Waals surface area (Å²) in [6.07, 6.45) is 0.799. The van der Waals surface area contributed by atoms with Gasteiger partial charge in [-0.15, -0.1) is 11.3 Å². The highest BCUT2D eigenvalue weighted by atomic mass is 32.2. The molecule has 0 atom stereocenters. The highest BCUT2D eigenvalue weighted by Gasteiger charge is 2.18. The third-order valence-corrected chi connectivity index (χ3v) is 6.05. The Morgan fingerprint density at radius 3 is 2.62 bits per heavy atom. The largest absolute Gasteiger partial charge is 0.411 e. The van der Waals surface area contributed by atoms with Crippen LogP contribution in [0.2, 0.25) is 0 Å². The number of benzene rings is 1. The fourth-order valence-corrected chi connectivity index (χ4v) is 4.20. The van der Waals surface area contributed by atoms with Gasteiger partial charge in [-0.25, -0.2) is 8.42 Å². The van der Waals surface area contributed by atoms with E-state index in [1.807, 2.05) is 13.0 Å². The van der Waals surface area contributed by atoms with Gasteiger partial charge in [0.1, 0.15) is 4.21 Å². The van der Waals surface area contributed by atoms with Crippen LogP contribution in [-0.4, -0.2) is 19.3 Å². The van der Waals surface area contributed by atoms with Crippen molar-refractivity contribution in [2.75, 3.05) is 4.72 Å². The van der Waals surface area contributed by atoms with Crippen molar-refractivity contribution in [3.63, 3.8) is 0 Å². The van der Waals surface area contributed by atoms with Crippen LogP contribution in [0.25, 0.3) is 0 Å². The number of hydrogen-bond donors (Lipinski definition) is 2. The van der Waals surface area contributed by atoms with Crippen molar-refractivity contribution < 1.29 is 13.6 Å². The molecule has 21 heavy (non-hydrogen) atoms. The Labute approximate surface area is 128 Å². The summed E-state index contributed by atoms with van der Waals surface area (Å²) in [6, 6.07) is 10.2. The molecule has 0 aliphatic carbocycles. The summed E-state index contributed by atoms with van der Waals surface area (Å²) < 4.78 is 27.6. The molecule has 0 radical (unpaired) electrons. The number of nitrogens with zero attached hydrogens (tertiary/aromatic N) is 1. The minimum absolute atomic E-state index is 0.271. The monoisotopic (exact) mass is 324 g/mol. The van der Waals surface area contributed by atoms with Gasteiger partial charge in [-0.1, -0.05) is 30.3 Å². The number of sulfonamides is 1. The molecule has 7 heteroatoms. The summed E-state index contributed by atoms with van der Waals surface area (Å²) in [6.45, 7) is 3.58. The first-order valence-corrected chi connectivity index (χ1v) is 8.67. The lowest BCUT2D eigenvalue weighted by Crippen LogP contribution is -2.14.